The van der Waals surface area contributed by atoms with Crippen molar-refractivity contribution in [2.24, 2.45) is 57.8 Å². The fourth-order valence-electron chi connectivity index (χ4n) is 1.82. The Morgan fingerprint density at radius 2 is 1.38 bits per heavy atom. The number of nitrogens with one attached hydrogen (secondary N) is 6. The van der Waals surface area contributed by atoms with Gasteiger partial charge in [0.25, 0.3) is 0 Å². The Hall–Kier alpha value is -0.880. The van der Waals surface area contributed by atoms with Crippen LogP contribution >= 0.6 is 0 Å². The monoisotopic (exact) mass is 430 g/mol. The summed E-state index contributed by atoms with van der Waals surface area (Å²) in [4.78, 5) is 0. The summed E-state index contributed by atoms with van der Waals surface area (Å²) >= 11 is 0. The second-order valence-corrected chi connectivity index (χ2v) is 5.39. The van der Waals surface area contributed by atoms with Gasteiger partial charge in [-0.1, -0.05) is 28.9 Å². The summed E-state index contributed by atoms with van der Waals surface area (Å²) in [6, 6.07) is 0. The number of nitrogens with two attached hydrogens (primary N) is 10. The summed E-state index contributed by atoms with van der Waals surface area (Å²) in [5.41, 5.74) is 49.2. The smallest absolute Gasteiger partial charge is 0.141 e. The lowest BCUT2D eigenvalue weighted by Crippen LogP contribution is -2.81. The number of hydrazine groups is 15. The van der Waals surface area contributed by atoms with Crippen molar-refractivity contribution >= 4 is 0 Å². The first-order valence-corrected chi connectivity index (χ1v) is 8.33. The minimum Gasteiger partial charge on any atom is -0.301 e. The molecule has 22 nitrogen and oxygen atoms in total. The molecule has 0 saturated heterocycles. The Labute approximate surface area is 168 Å². The van der Waals surface area contributed by atoms with Gasteiger partial charge in [-0.2, -0.15) is 22.1 Å². The molecule has 0 aromatic rings. The van der Waals surface area contributed by atoms with E-state index in [4.69, 9.17) is 57.8 Å². The molecule has 22 heteroatoms. The highest BCUT2D eigenvalue weighted by molar-refractivity contribution is 4.56. The lowest BCUT2D eigenvalue weighted by molar-refractivity contribution is -0.326. The molecule has 0 spiro atoms. The molecule has 0 rings (SSSR count). The average Bonchev–Trinajstić information content (AvgIpc) is 2.62. The van der Waals surface area contributed by atoms with Crippen LogP contribution in [-0.4, -0.2) is 56.3 Å². The van der Waals surface area contributed by atoms with Crippen LogP contribution in [0.15, 0.2) is 0 Å². The molecular weight excluding hydrogens is 392 g/mol. The third kappa shape index (κ3) is 10.1. The molecule has 0 aromatic heterocycles. The minimum absolute atomic E-state index is 0.341. The second-order valence-electron chi connectivity index (χ2n) is 5.39. The van der Waals surface area contributed by atoms with E-state index in [1.807, 2.05) is 6.92 Å². The van der Waals surface area contributed by atoms with E-state index in [2.05, 4.69) is 33.2 Å². The van der Waals surface area contributed by atoms with Crippen LogP contribution in [0.5, 0.6) is 0 Å². The van der Waals surface area contributed by atoms with Crippen molar-refractivity contribution in [1.29, 1.82) is 0 Å². The molecule has 0 aliphatic rings. The number of rotatable bonds is 17. The predicted octanol–water partition coefficient (Wildman–Crippen LogP) is -9.70. The lowest BCUT2D eigenvalue weighted by Gasteiger charge is -2.45. The molecule has 0 radical (unpaired) electrons. The van der Waals surface area contributed by atoms with Gasteiger partial charge >= 0.3 is 0 Å². The number of unbranched alkanes of at least 4 members (excludes halogenated alkanes) is 1. The van der Waals surface area contributed by atoms with E-state index < -0.39 is 18.9 Å². The van der Waals surface area contributed by atoms with E-state index in [-0.39, 0.29) is 0 Å². The first kappa shape index (κ1) is 28.1. The van der Waals surface area contributed by atoms with Crippen LogP contribution in [0, 0.1) is 0 Å². The topological polar surface area (TPSA) is 352 Å². The quantitative estimate of drug-likeness (QED) is 0.0577. The summed E-state index contributed by atoms with van der Waals surface area (Å²) in [6.45, 7) is 2.32. The molecule has 0 saturated carbocycles. The Bertz CT molecular complexity index is 379. The Balaban J connectivity index is 5.70. The van der Waals surface area contributed by atoms with Crippen LogP contribution in [0.1, 0.15) is 19.8 Å². The van der Waals surface area contributed by atoms with E-state index in [0.29, 0.717) is 18.2 Å². The van der Waals surface area contributed by atoms with Crippen LogP contribution in [0.4, 0.5) is 0 Å². The van der Waals surface area contributed by atoms with Gasteiger partial charge in [-0.15, -0.1) is 26.4 Å². The number of hydrogen-bond acceptors (Lipinski definition) is 22. The van der Waals surface area contributed by atoms with Gasteiger partial charge in [0.2, 0.25) is 0 Å². The molecule has 26 N–H and O–H groups in total. The van der Waals surface area contributed by atoms with Crippen molar-refractivity contribution in [1.82, 2.24) is 64.1 Å². The minimum atomic E-state index is -1.21. The third-order valence-electron chi connectivity index (χ3n) is 3.05. The first-order valence-electron chi connectivity index (χ1n) is 8.33. The van der Waals surface area contributed by atoms with Gasteiger partial charge in [0.05, 0.1) is 0 Å². The van der Waals surface area contributed by atoms with Crippen LogP contribution < -0.4 is 91.0 Å². The molecule has 0 aliphatic carbocycles. The van der Waals surface area contributed by atoms with Crippen molar-refractivity contribution in [3.8, 4) is 0 Å². The largest absolute Gasteiger partial charge is 0.301 e. The van der Waals surface area contributed by atoms with E-state index in [9.17, 15) is 0 Å². The summed E-state index contributed by atoms with van der Waals surface area (Å²) in [7, 11) is 0. The molecule has 0 atom stereocenters. The zero-order chi connectivity index (χ0) is 22.6. The molecule has 0 aliphatic heterocycles. The van der Waals surface area contributed by atoms with Crippen molar-refractivity contribution in [2.45, 2.75) is 38.6 Å². The first-order chi connectivity index (χ1) is 13.6. The molecule has 0 aromatic carbocycles. The highest BCUT2D eigenvalue weighted by Crippen LogP contribution is 2.01. The van der Waals surface area contributed by atoms with Gasteiger partial charge in [0, 0.05) is 6.54 Å². The zero-order valence-corrected chi connectivity index (χ0v) is 16.3. The second kappa shape index (κ2) is 15.0. The maximum atomic E-state index is 5.80. The fourth-order valence-corrected chi connectivity index (χ4v) is 1.82. The fraction of sp³-hybridized carbons (Fsp3) is 1.00. The molecule has 0 unspecified atom stereocenters. The van der Waals surface area contributed by atoms with E-state index in [1.54, 1.807) is 0 Å². The molecule has 0 amide bonds. The van der Waals surface area contributed by atoms with Gasteiger partial charge in [-0.3, -0.25) is 11.7 Å². The van der Waals surface area contributed by atoms with Crippen molar-refractivity contribution < 1.29 is 0 Å². The van der Waals surface area contributed by atoms with Crippen LogP contribution in [0.3, 0.4) is 0 Å². The molecular formula is C7H38N22. The summed E-state index contributed by atoms with van der Waals surface area (Å²) < 4.78 is 0. The van der Waals surface area contributed by atoms with Crippen LogP contribution in [0.2, 0.25) is 0 Å². The Kier molecular flexibility index (Phi) is 14.5. The van der Waals surface area contributed by atoms with Gasteiger partial charge in [0.15, 0.2) is 0 Å². The normalized spacial score (nSPS) is 13.2. The average molecular weight is 431 g/mol. The maximum Gasteiger partial charge on any atom is 0.141 e. The van der Waals surface area contributed by atoms with Gasteiger partial charge < -0.3 is 34.4 Å². The standard InChI is InChI=1S/C7H38N22/c1-2-3-4-24(22-26(6(10)11)27(7(12)13)28(16)17)29(21-19-15)23-25(5(8)9)20-18-14/h5-7,18-23H,2-4,8-17H2,1H3. The third-order valence-corrected chi connectivity index (χ3v) is 3.05. The molecule has 0 heterocycles. The predicted molar refractivity (Wildman–Crippen MR) is 103 cm³/mol. The Morgan fingerprint density at radius 3 is 1.76 bits per heavy atom. The Morgan fingerprint density at radius 1 is 0.793 bits per heavy atom. The molecule has 0 bridgehead atoms. The summed E-state index contributed by atoms with van der Waals surface area (Å²) in [5.74, 6) is 21.7. The highest BCUT2D eigenvalue weighted by Gasteiger charge is 2.30. The lowest BCUT2D eigenvalue weighted by atomic mass is 10.3. The molecule has 176 valence electrons. The number of nitrogens with zero attached hydrogens (tertiary/aromatic N) is 6. The van der Waals surface area contributed by atoms with Crippen molar-refractivity contribution in [2.75, 3.05) is 6.54 Å². The number of hydrogen-bond donors (Lipinski definition) is 16. The summed E-state index contributed by atoms with van der Waals surface area (Å²) in [6.07, 6.45) is -1.97. The SMILES string of the molecule is CCCCN(NN(C(N)N)N(C(N)N)N(N)N)N(NNN)NN(NNN)C(N)N. The van der Waals surface area contributed by atoms with Crippen molar-refractivity contribution in [3.63, 3.8) is 0 Å². The summed E-state index contributed by atoms with van der Waals surface area (Å²) in [5, 5.41) is 6.22. The van der Waals surface area contributed by atoms with Crippen LogP contribution in [0.25, 0.3) is 0 Å². The van der Waals surface area contributed by atoms with Gasteiger partial charge in [-0.05, 0) is 6.42 Å². The van der Waals surface area contributed by atoms with E-state index >= 15 is 0 Å². The van der Waals surface area contributed by atoms with Gasteiger partial charge in [-0.25, -0.2) is 11.7 Å². The van der Waals surface area contributed by atoms with Gasteiger partial charge in [0.1, 0.15) is 18.9 Å². The maximum absolute atomic E-state index is 5.80. The van der Waals surface area contributed by atoms with Crippen molar-refractivity contribution in [3.05, 3.63) is 0 Å². The highest BCUT2D eigenvalue weighted by atomic mass is 16.2. The van der Waals surface area contributed by atoms with E-state index in [1.165, 1.54) is 10.3 Å². The molecule has 0 fully saturated rings. The van der Waals surface area contributed by atoms with E-state index in [0.717, 1.165) is 21.8 Å². The zero-order valence-electron chi connectivity index (χ0n) is 16.3. The molecule has 29 heavy (non-hydrogen) atoms. The van der Waals surface area contributed by atoms with Crippen LogP contribution in [-0.2, 0) is 0 Å².